The third-order valence-electron chi connectivity index (χ3n) is 2.83. The van der Waals surface area contributed by atoms with Gasteiger partial charge in [-0.05, 0) is 31.0 Å². The lowest BCUT2D eigenvalue weighted by molar-refractivity contribution is 0.120. The van der Waals surface area contributed by atoms with Gasteiger partial charge in [-0.1, -0.05) is 12.1 Å². The van der Waals surface area contributed by atoms with Crippen molar-refractivity contribution in [2.75, 3.05) is 6.61 Å². The van der Waals surface area contributed by atoms with E-state index in [4.69, 9.17) is 16.3 Å². The minimum Gasteiger partial charge on any atom is -0.378 e. The molecule has 1 fully saturated rings. The second kappa shape index (κ2) is 4.50. The van der Waals surface area contributed by atoms with Crippen molar-refractivity contribution in [3.63, 3.8) is 0 Å². The molecule has 1 aromatic rings. The predicted molar refractivity (Wildman–Crippen MR) is 58.5 cm³/mol. The van der Waals surface area contributed by atoms with E-state index < -0.39 is 0 Å². The lowest BCUT2D eigenvalue weighted by atomic mass is 9.96. The highest BCUT2D eigenvalue weighted by Gasteiger charge is 2.29. The predicted octanol–water partition coefficient (Wildman–Crippen LogP) is 3.53. The highest BCUT2D eigenvalue weighted by Crippen LogP contribution is 2.36. The van der Waals surface area contributed by atoms with E-state index in [2.05, 4.69) is 0 Å². The highest BCUT2D eigenvalue weighted by atomic mass is 35.5. The van der Waals surface area contributed by atoms with Crippen molar-refractivity contribution in [3.8, 4) is 0 Å². The first-order valence-electron chi connectivity index (χ1n) is 5.18. The largest absolute Gasteiger partial charge is 0.378 e. The summed E-state index contributed by atoms with van der Waals surface area (Å²) in [5.74, 6) is 0.116. The molecule has 0 spiro atoms. The first-order valence-corrected chi connectivity index (χ1v) is 5.61. The number of benzene rings is 1. The van der Waals surface area contributed by atoms with Crippen molar-refractivity contribution in [3.05, 3.63) is 35.6 Å². The fourth-order valence-corrected chi connectivity index (χ4v) is 2.29. The zero-order valence-corrected chi connectivity index (χ0v) is 9.38. The van der Waals surface area contributed by atoms with Gasteiger partial charge in [0.25, 0.3) is 0 Å². The fourth-order valence-electron chi connectivity index (χ4n) is 1.97. The second-order valence-corrected chi connectivity index (χ2v) is 4.56. The summed E-state index contributed by atoms with van der Waals surface area (Å²) in [6.45, 7) is 2.75. The zero-order valence-electron chi connectivity index (χ0n) is 8.62. The Hall–Kier alpha value is -0.600. The number of rotatable bonds is 2. The number of ether oxygens (including phenoxy) is 1. The summed E-state index contributed by atoms with van der Waals surface area (Å²) >= 11 is 6.33. The van der Waals surface area contributed by atoms with E-state index in [0.29, 0.717) is 12.5 Å². The topological polar surface area (TPSA) is 9.23 Å². The number of hydrogen-bond acceptors (Lipinski definition) is 1. The standard InChI is InChI=1S/C12H14ClFO/c1-8-6-10(7-15-8)12(13)9-2-4-11(14)5-3-9/h2-5,8,10,12H,6-7H2,1H3. The van der Waals surface area contributed by atoms with Crippen molar-refractivity contribution in [1.29, 1.82) is 0 Å². The van der Waals surface area contributed by atoms with Crippen LogP contribution >= 0.6 is 11.6 Å². The van der Waals surface area contributed by atoms with Gasteiger partial charge in [0.05, 0.1) is 18.1 Å². The Morgan fingerprint density at radius 1 is 1.40 bits per heavy atom. The molecule has 3 atom stereocenters. The molecule has 0 amide bonds. The molecule has 0 aromatic heterocycles. The van der Waals surface area contributed by atoms with Gasteiger partial charge in [-0.3, -0.25) is 0 Å². The molecule has 3 heteroatoms. The fraction of sp³-hybridized carbons (Fsp3) is 0.500. The Labute approximate surface area is 94.2 Å². The van der Waals surface area contributed by atoms with Crippen molar-refractivity contribution in [2.24, 2.45) is 5.92 Å². The Morgan fingerprint density at radius 3 is 2.60 bits per heavy atom. The molecule has 1 heterocycles. The maximum absolute atomic E-state index is 12.7. The molecule has 1 aromatic carbocycles. The smallest absolute Gasteiger partial charge is 0.123 e. The zero-order chi connectivity index (χ0) is 10.8. The van der Waals surface area contributed by atoms with Gasteiger partial charge in [0.2, 0.25) is 0 Å². The number of alkyl halides is 1. The first-order chi connectivity index (χ1) is 7.16. The molecule has 3 unspecified atom stereocenters. The van der Waals surface area contributed by atoms with E-state index in [0.717, 1.165) is 12.0 Å². The lowest BCUT2D eigenvalue weighted by Gasteiger charge is -2.15. The summed E-state index contributed by atoms with van der Waals surface area (Å²) in [4.78, 5) is 0. The number of halogens is 2. The Balaban J connectivity index is 2.07. The molecule has 0 saturated carbocycles. The molecule has 0 aliphatic carbocycles. The highest BCUT2D eigenvalue weighted by molar-refractivity contribution is 6.21. The molecule has 0 radical (unpaired) electrons. The second-order valence-electron chi connectivity index (χ2n) is 4.09. The molecule has 0 bridgehead atoms. The molecular weight excluding hydrogens is 215 g/mol. The van der Waals surface area contributed by atoms with Crippen LogP contribution in [-0.4, -0.2) is 12.7 Å². The minimum atomic E-state index is -0.223. The molecule has 0 N–H and O–H groups in total. The molecule has 15 heavy (non-hydrogen) atoms. The van der Waals surface area contributed by atoms with E-state index in [-0.39, 0.29) is 17.3 Å². The molecule has 1 nitrogen and oxygen atoms in total. The average Bonchev–Trinajstić information content (AvgIpc) is 2.65. The minimum absolute atomic E-state index is 0.0736. The van der Waals surface area contributed by atoms with Crippen LogP contribution in [0.25, 0.3) is 0 Å². The Morgan fingerprint density at radius 2 is 2.07 bits per heavy atom. The van der Waals surface area contributed by atoms with E-state index in [1.54, 1.807) is 12.1 Å². The quantitative estimate of drug-likeness (QED) is 0.704. The van der Waals surface area contributed by atoms with Crippen LogP contribution in [-0.2, 0) is 4.74 Å². The van der Waals surface area contributed by atoms with Crippen molar-refractivity contribution in [2.45, 2.75) is 24.8 Å². The van der Waals surface area contributed by atoms with Crippen molar-refractivity contribution in [1.82, 2.24) is 0 Å². The molecular formula is C12H14ClFO. The Kier molecular flexibility index (Phi) is 3.27. The van der Waals surface area contributed by atoms with Crippen LogP contribution in [0.15, 0.2) is 24.3 Å². The normalized spacial score (nSPS) is 27.9. The summed E-state index contributed by atoms with van der Waals surface area (Å²) < 4.78 is 18.2. The van der Waals surface area contributed by atoms with Gasteiger partial charge in [0.1, 0.15) is 5.82 Å². The molecule has 1 aliphatic heterocycles. The summed E-state index contributed by atoms with van der Waals surface area (Å²) in [5, 5.41) is -0.0736. The van der Waals surface area contributed by atoms with Crippen LogP contribution in [0, 0.1) is 11.7 Å². The lowest BCUT2D eigenvalue weighted by Crippen LogP contribution is -2.07. The SMILES string of the molecule is CC1CC(C(Cl)c2ccc(F)cc2)CO1. The van der Waals surface area contributed by atoms with E-state index in [1.807, 2.05) is 6.92 Å². The van der Waals surface area contributed by atoms with Crippen LogP contribution in [0.1, 0.15) is 24.3 Å². The third kappa shape index (κ3) is 2.50. The van der Waals surface area contributed by atoms with Crippen LogP contribution in [0.2, 0.25) is 0 Å². The Bertz CT molecular complexity index is 325. The molecule has 82 valence electrons. The first kappa shape index (κ1) is 10.9. The third-order valence-corrected chi connectivity index (χ3v) is 3.44. The van der Waals surface area contributed by atoms with Gasteiger partial charge in [-0.2, -0.15) is 0 Å². The van der Waals surface area contributed by atoms with Crippen LogP contribution < -0.4 is 0 Å². The summed E-state index contributed by atoms with van der Waals surface area (Å²) in [6.07, 6.45) is 1.27. The van der Waals surface area contributed by atoms with Crippen LogP contribution in [0.3, 0.4) is 0 Å². The molecule has 2 rings (SSSR count). The van der Waals surface area contributed by atoms with Crippen LogP contribution in [0.5, 0.6) is 0 Å². The van der Waals surface area contributed by atoms with Gasteiger partial charge in [0, 0.05) is 5.92 Å². The summed E-state index contributed by atoms with van der Waals surface area (Å²) in [5.41, 5.74) is 0.973. The molecule has 1 aliphatic rings. The van der Waals surface area contributed by atoms with E-state index >= 15 is 0 Å². The van der Waals surface area contributed by atoms with Gasteiger partial charge in [-0.15, -0.1) is 11.6 Å². The van der Waals surface area contributed by atoms with E-state index in [1.165, 1.54) is 12.1 Å². The van der Waals surface area contributed by atoms with Gasteiger partial charge < -0.3 is 4.74 Å². The van der Waals surface area contributed by atoms with Crippen molar-refractivity contribution >= 4 is 11.6 Å². The van der Waals surface area contributed by atoms with Crippen molar-refractivity contribution < 1.29 is 9.13 Å². The monoisotopic (exact) mass is 228 g/mol. The average molecular weight is 229 g/mol. The van der Waals surface area contributed by atoms with Crippen LogP contribution in [0.4, 0.5) is 4.39 Å². The number of hydrogen-bond donors (Lipinski definition) is 0. The van der Waals surface area contributed by atoms with Gasteiger partial charge in [-0.25, -0.2) is 4.39 Å². The molecule has 1 saturated heterocycles. The maximum atomic E-state index is 12.7. The summed E-state index contributed by atoms with van der Waals surface area (Å²) in [6, 6.07) is 6.39. The summed E-state index contributed by atoms with van der Waals surface area (Å²) in [7, 11) is 0. The van der Waals surface area contributed by atoms with E-state index in [9.17, 15) is 4.39 Å². The van der Waals surface area contributed by atoms with Gasteiger partial charge >= 0.3 is 0 Å². The maximum Gasteiger partial charge on any atom is 0.123 e. The van der Waals surface area contributed by atoms with Gasteiger partial charge in [0.15, 0.2) is 0 Å².